The highest BCUT2D eigenvalue weighted by molar-refractivity contribution is 5.96. The maximum absolute atomic E-state index is 11.8. The molecule has 0 saturated carbocycles. The molecule has 1 aliphatic heterocycles. The number of carbonyl (C=O) groups excluding carboxylic acids is 1. The number of aromatic nitrogens is 1. The Bertz CT molecular complexity index is 318. The van der Waals surface area contributed by atoms with Gasteiger partial charge in [-0.15, -0.1) is 0 Å². The average molecular weight is 204 g/mol. The van der Waals surface area contributed by atoms with E-state index < -0.39 is 0 Å². The van der Waals surface area contributed by atoms with Crippen LogP contribution < -0.4 is 5.32 Å². The van der Waals surface area contributed by atoms with E-state index in [2.05, 4.69) is 10.3 Å². The zero-order valence-electron chi connectivity index (χ0n) is 8.78. The summed E-state index contributed by atoms with van der Waals surface area (Å²) in [7, 11) is 0. The van der Waals surface area contributed by atoms with Gasteiger partial charge in [0.2, 0.25) is 0 Å². The van der Waals surface area contributed by atoms with Crippen molar-refractivity contribution in [1.82, 2.24) is 10.3 Å². The summed E-state index contributed by atoms with van der Waals surface area (Å²) < 4.78 is 0. The molecule has 1 aromatic heterocycles. The highest BCUT2D eigenvalue weighted by Crippen LogP contribution is 2.13. The fourth-order valence-corrected chi connectivity index (χ4v) is 1.98. The van der Waals surface area contributed by atoms with Crippen molar-refractivity contribution < 1.29 is 4.79 Å². The summed E-state index contributed by atoms with van der Waals surface area (Å²) in [5, 5.41) is 3.38. The van der Waals surface area contributed by atoms with Crippen molar-refractivity contribution in [2.45, 2.75) is 31.7 Å². The Kier molecular flexibility index (Phi) is 3.45. The number of piperidine rings is 1. The Morgan fingerprint density at radius 1 is 1.40 bits per heavy atom. The first kappa shape index (κ1) is 10.3. The van der Waals surface area contributed by atoms with Crippen molar-refractivity contribution in [3.63, 3.8) is 0 Å². The van der Waals surface area contributed by atoms with Crippen molar-refractivity contribution in [2.24, 2.45) is 0 Å². The normalized spacial score (nSPS) is 21.2. The van der Waals surface area contributed by atoms with Crippen molar-refractivity contribution in [2.75, 3.05) is 6.54 Å². The van der Waals surface area contributed by atoms with Crippen molar-refractivity contribution >= 4 is 5.78 Å². The molecule has 1 atom stereocenters. The molecule has 2 heterocycles. The number of pyridine rings is 1. The lowest BCUT2D eigenvalue weighted by Gasteiger charge is -2.22. The molecule has 1 unspecified atom stereocenters. The molecule has 0 bridgehead atoms. The van der Waals surface area contributed by atoms with Gasteiger partial charge in [0.25, 0.3) is 0 Å². The number of hydrogen-bond acceptors (Lipinski definition) is 3. The molecule has 0 radical (unpaired) electrons. The van der Waals surface area contributed by atoms with Gasteiger partial charge in [-0.25, -0.2) is 0 Å². The Morgan fingerprint density at radius 2 is 2.20 bits per heavy atom. The molecule has 0 spiro atoms. The van der Waals surface area contributed by atoms with E-state index in [4.69, 9.17) is 0 Å². The summed E-state index contributed by atoms with van der Waals surface area (Å²) >= 11 is 0. The minimum atomic E-state index is 0.219. The molecule has 0 amide bonds. The third-order valence-electron chi connectivity index (χ3n) is 2.85. The quantitative estimate of drug-likeness (QED) is 0.763. The number of ketones is 1. The van der Waals surface area contributed by atoms with E-state index in [0.717, 1.165) is 18.5 Å². The highest BCUT2D eigenvalue weighted by Gasteiger charge is 2.16. The molecule has 3 heteroatoms. The van der Waals surface area contributed by atoms with Crippen LogP contribution in [0, 0.1) is 0 Å². The van der Waals surface area contributed by atoms with Crippen LogP contribution in [0.25, 0.3) is 0 Å². The van der Waals surface area contributed by atoms with Crippen LogP contribution in [0.4, 0.5) is 0 Å². The van der Waals surface area contributed by atoms with E-state index in [1.54, 1.807) is 24.5 Å². The number of nitrogens with zero attached hydrogens (tertiary/aromatic N) is 1. The summed E-state index contributed by atoms with van der Waals surface area (Å²) in [5.74, 6) is 0.219. The number of hydrogen-bond donors (Lipinski definition) is 1. The summed E-state index contributed by atoms with van der Waals surface area (Å²) in [5.41, 5.74) is 0.775. The van der Waals surface area contributed by atoms with Crippen molar-refractivity contribution in [3.05, 3.63) is 30.1 Å². The molecule has 1 N–H and O–H groups in total. The SMILES string of the molecule is O=C(CC1CCCCN1)c1ccncc1. The van der Waals surface area contributed by atoms with E-state index in [9.17, 15) is 4.79 Å². The lowest BCUT2D eigenvalue weighted by atomic mass is 9.97. The number of Topliss-reactive ketones (excluding diaryl/α,β-unsaturated/α-hetero) is 1. The monoisotopic (exact) mass is 204 g/mol. The van der Waals surface area contributed by atoms with Crippen molar-refractivity contribution in [1.29, 1.82) is 0 Å². The van der Waals surface area contributed by atoms with Gasteiger partial charge >= 0.3 is 0 Å². The summed E-state index contributed by atoms with van der Waals surface area (Å²) in [4.78, 5) is 15.8. The van der Waals surface area contributed by atoms with Crippen LogP contribution in [-0.4, -0.2) is 23.4 Å². The first-order valence-corrected chi connectivity index (χ1v) is 5.53. The van der Waals surface area contributed by atoms with Gasteiger partial charge in [-0.3, -0.25) is 9.78 Å². The first-order chi connectivity index (χ1) is 7.36. The fraction of sp³-hybridized carbons (Fsp3) is 0.500. The average Bonchev–Trinajstić information content (AvgIpc) is 2.31. The molecular weight excluding hydrogens is 188 g/mol. The van der Waals surface area contributed by atoms with Gasteiger partial charge in [-0.1, -0.05) is 6.42 Å². The van der Waals surface area contributed by atoms with Crippen LogP contribution in [0.3, 0.4) is 0 Å². The summed E-state index contributed by atoms with van der Waals surface area (Å²) in [6.07, 6.45) is 7.55. The third kappa shape index (κ3) is 2.86. The summed E-state index contributed by atoms with van der Waals surface area (Å²) in [6.45, 7) is 1.05. The molecular formula is C12H16N2O. The highest BCUT2D eigenvalue weighted by atomic mass is 16.1. The molecule has 0 aromatic carbocycles. The molecule has 80 valence electrons. The maximum Gasteiger partial charge on any atom is 0.164 e. The van der Waals surface area contributed by atoms with E-state index in [1.165, 1.54) is 12.8 Å². The standard InChI is InChI=1S/C12H16N2O/c15-12(10-4-7-13-8-5-10)9-11-3-1-2-6-14-11/h4-5,7-8,11,14H,1-3,6,9H2. The molecule has 1 aliphatic rings. The van der Waals surface area contributed by atoms with Gasteiger partial charge in [-0.05, 0) is 31.5 Å². The van der Waals surface area contributed by atoms with Gasteiger partial charge in [0.1, 0.15) is 0 Å². The molecule has 15 heavy (non-hydrogen) atoms. The minimum absolute atomic E-state index is 0.219. The third-order valence-corrected chi connectivity index (χ3v) is 2.85. The zero-order chi connectivity index (χ0) is 10.5. The Hall–Kier alpha value is -1.22. The molecule has 1 aromatic rings. The van der Waals surface area contributed by atoms with Crippen molar-refractivity contribution in [3.8, 4) is 0 Å². The number of carbonyl (C=O) groups is 1. The van der Waals surface area contributed by atoms with Gasteiger partial charge in [0, 0.05) is 30.4 Å². The predicted molar refractivity (Wildman–Crippen MR) is 58.8 cm³/mol. The van der Waals surface area contributed by atoms with Crippen LogP contribution in [-0.2, 0) is 0 Å². The van der Waals surface area contributed by atoms with Crippen LogP contribution in [0.5, 0.6) is 0 Å². The number of rotatable bonds is 3. The second-order valence-corrected chi connectivity index (χ2v) is 4.01. The van der Waals surface area contributed by atoms with Crippen LogP contribution in [0.2, 0.25) is 0 Å². The predicted octanol–water partition coefficient (Wildman–Crippen LogP) is 1.80. The molecule has 0 aliphatic carbocycles. The lowest BCUT2D eigenvalue weighted by Crippen LogP contribution is -2.35. The maximum atomic E-state index is 11.8. The first-order valence-electron chi connectivity index (χ1n) is 5.53. The fourth-order valence-electron chi connectivity index (χ4n) is 1.98. The van der Waals surface area contributed by atoms with E-state index in [-0.39, 0.29) is 5.78 Å². The second kappa shape index (κ2) is 5.03. The van der Waals surface area contributed by atoms with Crippen LogP contribution in [0.15, 0.2) is 24.5 Å². The van der Waals surface area contributed by atoms with E-state index >= 15 is 0 Å². The van der Waals surface area contributed by atoms with Gasteiger partial charge in [0.15, 0.2) is 5.78 Å². The Labute approximate surface area is 89.9 Å². The van der Waals surface area contributed by atoms with E-state index in [1.807, 2.05) is 0 Å². The second-order valence-electron chi connectivity index (χ2n) is 4.01. The molecule has 2 rings (SSSR count). The molecule has 1 saturated heterocycles. The largest absolute Gasteiger partial charge is 0.314 e. The van der Waals surface area contributed by atoms with Gasteiger partial charge in [0.05, 0.1) is 0 Å². The van der Waals surface area contributed by atoms with E-state index in [0.29, 0.717) is 12.5 Å². The van der Waals surface area contributed by atoms with Gasteiger partial charge in [-0.2, -0.15) is 0 Å². The van der Waals surface area contributed by atoms with Crippen LogP contribution in [0.1, 0.15) is 36.0 Å². The Morgan fingerprint density at radius 3 is 2.87 bits per heavy atom. The van der Waals surface area contributed by atoms with Gasteiger partial charge < -0.3 is 5.32 Å². The minimum Gasteiger partial charge on any atom is -0.314 e. The summed E-state index contributed by atoms with van der Waals surface area (Å²) in [6, 6.07) is 3.94. The topological polar surface area (TPSA) is 42.0 Å². The Balaban J connectivity index is 1.91. The lowest BCUT2D eigenvalue weighted by molar-refractivity contribution is 0.0963. The smallest absolute Gasteiger partial charge is 0.164 e. The number of nitrogens with one attached hydrogen (secondary N) is 1. The van der Waals surface area contributed by atoms with Crippen LogP contribution >= 0.6 is 0 Å². The molecule has 1 fully saturated rings. The molecule has 3 nitrogen and oxygen atoms in total. The zero-order valence-corrected chi connectivity index (χ0v) is 8.78.